The van der Waals surface area contributed by atoms with Crippen molar-refractivity contribution in [1.82, 2.24) is 0 Å². The maximum Gasteiger partial charge on any atom is 0.302 e. The fourth-order valence-electron chi connectivity index (χ4n) is 11.1. The average molecular weight is 557 g/mol. The number of fused-ring (bicyclic) bond motifs is 3. The van der Waals surface area contributed by atoms with E-state index in [-0.39, 0.29) is 47.2 Å². The van der Waals surface area contributed by atoms with E-state index >= 15 is 0 Å². The van der Waals surface area contributed by atoms with Gasteiger partial charge in [0, 0.05) is 48.9 Å². The first-order chi connectivity index (χ1) is 18.6. The molecule has 1 aromatic rings. The minimum atomic E-state index is -0.511. The van der Waals surface area contributed by atoms with E-state index in [0.29, 0.717) is 12.8 Å². The Balaban J connectivity index is 1.50. The van der Waals surface area contributed by atoms with Crippen LogP contribution in [0.4, 0.5) is 0 Å². The molecule has 8 nitrogen and oxygen atoms in total. The van der Waals surface area contributed by atoms with Crippen LogP contribution in [0.5, 0.6) is 0 Å². The summed E-state index contributed by atoms with van der Waals surface area (Å²) in [6.45, 7) is 15.5. The van der Waals surface area contributed by atoms with Crippen LogP contribution in [0, 0.1) is 33.5 Å². The van der Waals surface area contributed by atoms with Gasteiger partial charge in [-0.1, -0.05) is 34.6 Å². The standard InChI is InChI=1S/C32H44O8/c1-17(33)37-24-15-25(38-18(2)34)30(7)22-9-11-29(6)21(20-10-12-36-16-20)13-27-32(29,40-27)31(22,8)26(39-19(3)35)14-23(30)28(24,4)5/h10,12,16,21-27H,9,11,13-15H2,1-8H3/t21-,22+,23+,24+,25-,26-,27+,29-,30+,31-,32+/m0/s1. The molecule has 8 heteroatoms. The molecule has 0 N–H and O–H groups in total. The lowest BCUT2D eigenvalue weighted by Gasteiger charge is -2.70. The van der Waals surface area contributed by atoms with Crippen molar-refractivity contribution in [2.24, 2.45) is 33.5 Å². The zero-order valence-corrected chi connectivity index (χ0v) is 25.1. The monoisotopic (exact) mass is 556 g/mol. The second-order valence-electron chi connectivity index (χ2n) is 14.5. The molecule has 0 bridgehead atoms. The Bertz CT molecular complexity index is 1220. The Morgan fingerprint density at radius 2 is 1.45 bits per heavy atom. The third-order valence-corrected chi connectivity index (χ3v) is 12.6. The molecule has 0 aromatic carbocycles. The normalized spacial score (nSPS) is 48.0. The molecule has 2 heterocycles. The van der Waals surface area contributed by atoms with Gasteiger partial charge in [-0.05, 0) is 55.1 Å². The molecule has 0 amide bonds. The van der Waals surface area contributed by atoms with E-state index in [2.05, 4.69) is 40.7 Å². The van der Waals surface area contributed by atoms with E-state index < -0.39 is 40.2 Å². The lowest BCUT2D eigenvalue weighted by molar-refractivity contribution is -0.289. The third-order valence-electron chi connectivity index (χ3n) is 12.6. The van der Waals surface area contributed by atoms with E-state index in [4.69, 9.17) is 23.4 Å². The molecule has 6 rings (SSSR count). The van der Waals surface area contributed by atoms with Crippen LogP contribution in [-0.4, -0.2) is 47.9 Å². The summed E-state index contributed by atoms with van der Waals surface area (Å²) in [4.78, 5) is 37.4. The number of furan rings is 1. The first-order valence-corrected chi connectivity index (χ1v) is 14.9. The quantitative estimate of drug-likeness (QED) is 0.269. The highest BCUT2D eigenvalue weighted by Crippen LogP contribution is 2.83. The predicted molar refractivity (Wildman–Crippen MR) is 144 cm³/mol. The second-order valence-corrected chi connectivity index (χ2v) is 14.5. The zero-order valence-electron chi connectivity index (χ0n) is 25.1. The molecule has 4 saturated carbocycles. The SMILES string of the molecule is CC(=O)O[C@H]1C[C@@H](OC(C)=O)C(C)(C)[C@H]2C[C@H](OC(C)=O)[C@]3(C)[C@H](CC[C@@]4(C)[C@H](c5ccoc5)C[C@H]5O[C@@]534)[C@@]12C. The van der Waals surface area contributed by atoms with E-state index in [1.807, 2.05) is 6.26 Å². The first kappa shape index (κ1) is 27.8. The van der Waals surface area contributed by atoms with Crippen molar-refractivity contribution in [2.45, 2.75) is 123 Å². The molecule has 1 aromatic heterocycles. The van der Waals surface area contributed by atoms with Gasteiger partial charge in [-0.15, -0.1) is 0 Å². The van der Waals surface area contributed by atoms with Gasteiger partial charge < -0.3 is 23.4 Å². The van der Waals surface area contributed by atoms with Crippen molar-refractivity contribution in [3.05, 3.63) is 24.2 Å². The third kappa shape index (κ3) is 3.31. The number of carbonyl (C=O) groups is 3. The van der Waals surface area contributed by atoms with Crippen LogP contribution in [0.1, 0.15) is 99.0 Å². The molecule has 4 aliphatic carbocycles. The van der Waals surface area contributed by atoms with E-state index in [1.165, 1.54) is 26.3 Å². The van der Waals surface area contributed by atoms with Gasteiger partial charge in [-0.25, -0.2) is 0 Å². The summed E-state index contributed by atoms with van der Waals surface area (Å²) in [5.74, 6) is -0.694. The van der Waals surface area contributed by atoms with Crippen LogP contribution < -0.4 is 0 Å². The molecule has 1 aliphatic heterocycles. The number of hydrogen-bond acceptors (Lipinski definition) is 8. The summed E-state index contributed by atoms with van der Waals surface area (Å²) >= 11 is 0. The second kappa shape index (κ2) is 8.59. The fraction of sp³-hybridized carbons (Fsp3) is 0.781. The lowest BCUT2D eigenvalue weighted by atomic mass is 9.35. The molecule has 1 spiro atoms. The highest BCUT2D eigenvalue weighted by atomic mass is 16.6. The molecular weight excluding hydrogens is 512 g/mol. The van der Waals surface area contributed by atoms with Gasteiger partial charge in [0.05, 0.1) is 18.6 Å². The summed E-state index contributed by atoms with van der Waals surface area (Å²) in [5.41, 5.74) is -0.842. The molecule has 5 aliphatic rings. The van der Waals surface area contributed by atoms with E-state index in [0.717, 1.165) is 19.3 Å². The maximum atomic E-state index is 12.7. The van der Waals surface area contributed by atoms with Crippen LogP contribution in [0.2, 0.25) is 0 Å². The number of epoxide rings is 1. The minimum Gasteiger partial charge on any atom is -0.472 e. The van der Waals surface area contributed by atoms with Gasteiger partial charge >= 0.3 is 17.9 Å². The highest BCUT2D eigenvalue weighted by Gasteiger charge is 2.88. The molecule has 5 fully saturated rings. The van der Waals surface area contributed by atoms with Crippen molar-refractivity contribution < 1.29 is 37.7 Å². The molecular formula is C32H44O8. The van der Waals surface area contributed by atoms with Crippen LogP contribution >= 0.6 is 0 Å². The molecule has 220 valence electrons. The largest absolute Gasteiger partial charge is 0.472 e. The van der Waals surface area contributed by atoms with Crippen LogP contribution in [0.3, 0.4) is 0 Å². The number of rotatable bonds is 4. The van der Waals surface area contributed by atoms with Crippen molar-refractivity contribution in [2.75, 3.05) is 0 Å². The van der Waals surface area contributed by atoms with E-state index in [1.54, 1.807) is 6.26 Å². The Hall–Kier alpha value is -2.35. The van der Waals surface area contributed by atoms with Gasteiger partial charge in [-0.3, -0.25) is 14.4 Å². The Kier molecular flexibility index (Phi) is 5.97. The molecule has 1 saturated heterocycles. The molecule has 40 heavy (non-hydrogen) atoms. The molecule has 0 radical (unpaired) electrons. The molecule has 11 atom stereocenters. The van der Waals surface area contributed by atoms with Crippen LogP contribution in [-0.2, 0) is 33.3 Å². The van der Waals surface area contributed by atoms with Crippen LogP contribution in [0.25, 0.3) is 0 Å². The number of hydrogen-bond donors (Lipinski definition) is 0. The summed E-state index contributed by atoms with van der Waals surface area (Å²) in [5, 5.41) is 0. The average Bonchev–Trinajstić information content (AvgIpc) is 3.20. The van der Waals surface area contributed by atoms with Gasteiger partial charge in [0.1, 0.15) is 23.9 Å². The fourth-order valence-corrected chi connectivity index (χ4v) is 11.1. The van der Waals surface area contributed by atoms with E-state index in [9.17, 15) is 14.4 Å². The van der Waals surface area contributed by atoms with Crippen molar-refractivity contribution in [1.29, 1.82) is 0 Å². The summed E-state index contributed by atoms with van der Waals surface area (Å²) in [6.07, 6.45) is 6.14. The maximum absolute atomic E-state index is 12.7. The van der Waals surface area contributed by atoms with Crippen molar-refractivity contribution in [3.63, 3.8) is 0 Å². The first-order valence-electron chi connectivity index (χ1n) is 14.9. The predicted octanol–water partition coefficient (Wildman–Crippen LogP) is 5.58. The van der Waals surface area contributed by atoms with Gasteiger partial charge in [0.2, 0.25) is 0 Å². The Morgan fingerprint density at radius 1 is 0.825 bits per heavy atom. The van der Waals surface area contributed by atoms with Gasteiger partial charge in [-0.2, -0.15) is 0 Å². The Labute approximate surface area is 236 Å². The van der Waals surface area contributed by atoms with Crippen molar-refractivity contribution in [3.8, 4) is 0 Å². The Morgan fingerprint density at radius 3 is 2.05 bits per heavy atom. The minimum absolute atomic E-state index is 0.0334. The summed E-state index contributed by atoms with van der Waals surface area (Å²) < 4.78 is 30.7. The smallest absolute Gasteiger partial charge is 0.302 e. The number of carbonyl (C=O) groups excluding carboxylic acids is 3. The summed E-state index contributed by atoms with van der Waals surface area (Å²) in [6, 6.07) is 2.07. The van der Waals surface area contributed by atoms with Gasteiger partial charge in [0.25, 0.3) is 0 Å². The van der Waals surface area contributed by atoms with Crippen molar-refractivity contribution >= 4 is 17.9 Å². The number of ether oxygens (including phenoxy) is 4. The topological polar surface area (TPSA) is 105 Å². The van der Waals surface area contributed by atoms with Crippen LogP contribution in [0.15, 0.2) is 23.0 Å². The zero-order chi connectivity index (χ0) is 29.0. The highest BCUT2D eigenvalue weighted by molar-refractivity contribution is 5.67. The number of esters is 3. The van der Waals surface area contributed by atoms with Gasteiger partial charge in [0.15, 0.2) is 0 Å². The lowest BCUT2D eigenvalue weighted by Crippen LogP contribution is -2.74. The summed E-state index contributed by atoms with van der Waals surface area (Å²) in [7, 11) is 0. The molecule has 0 unspecified atom stereocenters.